The first kappa shape index (κ1) is 14.5. The Morgan fingerprint density at radius 1 is 1.53 bits per heavy atom. The van der Waals surface area contributed by atoms with E-state index in [1.54, 1.807) is 0 Å². The second-order valence-electron chi connectivity index (χ2n) is 3.13. The lowest BCUT2D eigenvalue weighted by Crippen LogP contribution is -2.48. The summed E-state index contributed by atoms with van der Waals surface area (Å²) in [6.45, 7) is -1.26. The van der Waals surface area contributed by atoms with Crippen LogP contribution in [0.5, 0.6) is 0 Å². The summed E-state index contributed by atoms with van der Waals surface area (Å²) < 4.78 is 13.7. The van der Waals surface area contributed by atoms with E-state index in [-0.39, 0.29) is 13.2 Å². The molecule has 0 rings (SSSR count). The van der Waals surface area contributed by atoms with Crippen molar-refractivity contribution in [3.05, 3.63) is 5.21 Å². The molecule has 0 saturated heterocycles. The summed E-state index contributed by atoms with van der Waals surface area (Å²) in [6.07, 6.45) is -1.05. The van der Waals surface area contributed by atoms with Crippen LogP contribution in [0.1, 0.15) is 0 Å². The Hall–Kier alpha value is -0.500. The smallest absolute Gasteiger partial charge is 0.379 e. The van der Waals surface area contributed by atoms with Gasteiger partial charge in [-0.2, -0.15) is 0 Å². The van der Waals surface area contributed by atoms with E-state index in [1.165, 1.54) is 7.11 Å². The average Bonchev–Trinajstić information content (AvgIpc) is 1.95. The first-order chi connectivity index (χ1) is 6.68. The van der Waals surface area contributed by atoms with Gasteiger partial charge in [-0.25, -0.2) is 4.79 Å². The third-order valence-corrected chi connectivity index (χ3v) is 2.45. The molecule has 0 spiro atoms. The molecule has 0 fully saturated rings. The summed E-state index contributed by atoms with van der Waals surface area (Å²) in [7, 11) is -3.23. The molecule has 1 atom stereocenters. The topological polar surface area (TPSA) is 127 Å². The molecular formula is C6H14NO7P. The van der Waals surface area contributed by atoms with Gasteiger partial charge in [-0.05, 0) is 0 Å². The van der Waals surface area contributed by atoms with E-state index in [4.69, 9.17) is 14.9 Å². The number of hydrogen-bond donors (Lipinski definition) is 3. The molecule has 0 amide bonds. The standard InChI is InChI=1S/C6H14NO7P/c1-14-3-2-7(10,4-6(8)9)5-15(11,12)13/h2-5H2,1H3,(H,8,9)(H2,11,12,13). The molecule has 0 heterocycles. The summed E-state index contributed by atoms with van der Waals surface area (Å²) in [4.78, 5) is 27.6. The molecule has 0 aliphatic carbocycles. The van der Waals surface area contributed by atoms with E-state index in [0.29, 0.717) is 0 Å². The molecule has 1 unspecified atom stereocenters. The zero-order valence-corrected chi connectivity index (χ0v) is 9.09. The molecule has 0 saturated carbocycles. The number of nitrogens with zero attached hydrogens (tertiary/aromatic N) is 1. The van der Waals surface area contributed by atoms with Crippen molar-refractivity contribution in [2.75, 3.05) is 33.1 Å². The summed E-state index contributed by atoms with van der Waals surface area (Å²) in [5.74, 6) is -1.41. The number of carboxylic acid groups (broad SMARTS) is 1. The van der Waals surface area contributed by atoms with E-state index in [1.807, 2.05) is 0 Å². The molecule has 0 aromatic rings. The Balaban J connectivity index is 4.54. The summed E-state index contributed by atoms with van der Waals surface area (Å²) in [5, 5.41) is 20.1. The maximum absolute atomic E-state index is 11.7. The van der Waals surface area contributed by atoms with Crippen LogP contribution in [0.3, 0.4) is 0 Å². The highest BCUT2D eigenvalue weighted by Gasteiger charge is 2.30. The third kappa shape index (κ3) is 7.43. The van der Waals surface area contributed by atoms with Crippen molar-refractivity contribution in [1.82, 2.24) is 0 Å². The van der Waals surface area contributed by atoms with E-state index < -0.39 is 31.0 Å². The van der Waals surface area contributed by atoms with Crippen LogP contribution in [0.15, 0.2) is 0 Å². The molecule has 9 heteroatoms. The number of hydrogen-bond acceptors (Lipinski definition) is 4. The van der Waals surface area contributed by atoms with Gasteiger partial charge >= 0.3 is 13.6 Å². The zero-order valence-electron chi connectivity index (χ0n) is 8.20. The van der Waals surface area contributed by atoms with Crippen molar-refractivity contribution < 1.29 is 33.6 Å². The number of carboxylic acids is 1. The lowest BCUT2D eigenvalue weighted by atomic mass is 10.5. The Kier molecular flexibility index (Phi) is 5.36. The van der Waals surface area contributed by atoms with E-state index >= 15 is 0 Å². The Bertz CT molecular complexity index is 264. The minimum absolute atomic E-state index is 0.0588. The van der Waals surface area contributed by atoms with Gasteiger partial charge < -0.3 is 29.5 Å². The molecule has 90 valence electrons. The van der Waals surface area contributed by atoms with E-state index in [2.05, 4.69) is 4.74 Å². The lowest BCUT2D eigenvalue weighted by Gasteiger charge is -2.40. The van der Waals surface area contributed by atoms with Gasteiger partial charge in [0.2, 0.25) is 0 Å². The van der Waals surface area contributed by atoms with Gasteiger partial charge in [-0.3, -0.25) is 4.57 Å². The lowest BCUT2D eigenvalue weighted by molar-refractivity contribution is -0.863. The summed E-state index contributed by atoms with van der Waals surface area (Å²) >= 11 is 0. The van der Waals surface area contributed by atoms with Crippen molar-refractivity contribution in [3.8, 4) is 0 Å². The highest BCUT2D eigenvalue weighted by molar-refractivity contribution is 7.51. The second-order valence-corrected chi connectivity index (χ2v) is 4.74. The van der Waals surface area contributed by atoms with E-state index in [9.17, 15) is 14.6 Å². The Morgan fingerprint density at radius 2 is 2.07 bits per heavy atom. The van der Waals surface area contributed by atoms with Crippen LogP contribution in [0.2, 0.25) is 0 Å². The van der Waals surface area contributed by atoms with Crippen molar-refractivity contribution in [2.24, 2.45) is 0 Å². The predicted octanol–water partition coefficient (Wildman–Crippen LogP) is -0.833. The van der Waals surface area contributed by atoms with Crippen LogP contribution in [0.4, 0.5) is 0 Å². The normalized spacial score (nSPS) is 16.0. The van der Waals surface area contributed by atoms with Gasteiger partial charge in [-0.1, -0.05) is 0 Å². The minimum atomic E-state index is -4.54. The SMILES string of the molecule is COCC[N+]([O-])(CC(=O)O)CP(=O)(O)O. The first-order valence-corrected chi connectivity index (χ1v) is 5.81. The van der Waals surface area contributed by atoms with Crippen LogP contribution in [0.25, 0.3) is 0 Å². The highest BCUT2D eigenvalue weighted by Crippen LogP contribution is 2.37. The maximum atomic E-state index is 11.7. The summed E-state index contributed by atoms with van der Waals surface area (Å²) in [5.41, 5.74) is 0. The van der Waals surface area contributed by atoms with Crippen LogP contribution >= 0.6 is 7.60 Å². The van der Waals surface area contributed by atoms with Gasteiger partial charge in [0.1, 0.15) is 6.54 Å². The van der Waals surface area contributed by atoms with Gasteiger partial charge in [0, 0.05) is 7.11 Å². The van der Waals surface area contributed by atoms with Crippen molar-refractivity contribution in [2.45, 2.75) is 0 Å². The second kappa shape index (κ2) is 5.55. The molecule has 0 aliphatic rings. The third-order valence-electron chi connectivity index (χ3n) is 1.57. The molecule has 0 radical (unpaired) electrons. The predicted molar refractivity (Wildman–Crippen MR) is 49.8 cm³/mol. The monoisotopic (exact) mass is 243 g/mol. The molecule has 15 heavy (non-hydrogen) atoms. The number of aliphatic carboxylic acids is 1. The van der Waals surface area contributed by atoms with Crippen molar-refractivity contribution in [3.63, 3.8) is 0 Å². The number of hydroxylamine groups is 3. The quantitative estimate of drug-likeness (QED) is 0.302. The number of carbonyl (C=O) groups is 1. The van der Waals surface area contributed by atoms with Crippen LogP contribution < -0.4 is 0 Å². The van der Waals surface area contributed by atoms with Crippen LogP contribution in [0, 0.1) is 5.21 Å². The first-order valence-electron chi connectivity index (χ1n) is 4.01. The number of quaternary nitrogens is 1. The maximum Gasteiger partial charge on any atom is 0.379 e. The summed E-state index contributed by atoms with van der Waals surface area (Å²) in [6, 6.07) is 0. The fourth-order valence-electron chi connectivity index (χ4n) is 1.04. The Morgan fingerprint density at radius 3 is 2.40 bits per heavy atom. The van der Waals surface area contributed by atoms with E-state index in [0.717, 1.165) is 0 Å². The number of ether oxygens (including phenoxy) is 1. The molecule has 0 aliphatic heterocycles. The van der Waals surface area contributed by atoms with Gasteiger partial charge in [0.25, 0.3) is 0 Å². The van der Waals surface area contributed by atoms with Crippen LogP contribution in [-0.2, 0) is 14.1 Å². The molecule has 0 bridgehead atoms. The average molecular weight is 243 g/mol. The molecular weight excluding hydrogens is 229 g/mol. The fourth-order valence-corrected chi connectivity index (χ4v) is 1.95. The fraction of sp³-hybridized carbons (Fsp3) is 0.833. The largest absolute Gasteiger partial charge is 0.632 e. The molecule has 0 aromatic carbocycles. The van der Waals surface area contributed by atoms with Crippen molar-refractivity contribution >= 4 is 13.6 Å². The van der Waals surface area contributed by atoms with Gasteiger partial charge in [-0.15, -0.1) is 0 Å². The molecule has 0 aromatic heterocycles. The number of rotatable bonds is 7. The molecule has 8 nitrogen and oxygen atoms in total. The Labute approximate surface area is 86.4 Å². The highest BCUT2D eigenvalue weighted by atomic mass is 31.2. The zero-order chi connectivity index (χ0) is 12.1. The van der Waals surface area contributed by atoms with Gasteiger partial charge in [0.05, 0.1) is 6.61 Å². The van der Waals surface area contributed by atoms with Crippen LogP contribution in [-0.4, -0.2) is 58.6 Å². The number of methoxy groups -OCH3 is 1. The molecule has 3 N–H and O–H groups in total. The van der Waals surface area contributed by atoms with Gasteiger partial charge in [0.15, 0.2) is 12.8 Å². The van der Waals surface area contributed by atoms with Crippen molar-refractivity contribution in [1.29, 1.82) is 0 Å². The minimum Gasteiger partial charge on any atom is -0.632 e.